The van der Waals surface area contributed by atoms with E-state index in [0.717, 1.165) is 5.56 Å². The van der Waals surface area contributed by atoms with Gasteiger partial charge in [-0.1, -0.05) is 54.1 Å². The first-order valence-electron chi connectivity index (χ1n) is 11.4. The number of benzene rings is 2. The lowest BCUT2D eigenvalue weighted by atomic mass is 10.1. The van der Waals surface area contributed by atoms with Gasteiger partial charge in [0.2, 0.25) is 5.88 Å². The third kappa shape index (κ3) is 6.65. The molecule has 0 aliphatic heterocycles. The third-order valence-corrected chi connectivity index (χ3v) is 6.92. The molecule has 11 nitrogen and oxygen atoms in total. The summed E-state index contributed by atoms with van der Waals surface area (Å²) < 4.78 is 46.4. The van der Waals surface area contributed by atoms with E-state index < -0.39 is 10.2 Å². The molecule has 2 aromatic carbocycles. The van der Waals surface area contributed by atoms with Crippen molar-refractivity contribution in [3.05, 3.63) is 83.9 Å². The highest BCUT2D eigenvalue weighted by molar-refractivity contribution is 7.90. The largest absolute Gasteiger partial charge is 0.494 e. The fourth-order valence-electron chi connectivity index (χ4n) is 3.42. The molecule has 0 unspecified atom stereocenters. The van der Waals surface area contributed by atoms with E-state index in [4.69, 9.17) is 25.8 Å². The molecule has 4 aromatic rings. The molecule has 1 N–H and O–H groups in total. The van der Waals surface area contributed by atoms with Crippen LogP contribution in [0.5, 0.6) is 17.6 Å². The van der Waals surface area contributed by atoms with Gasteiger partial charge in [0.05, 0.1) is 31.6 Å². The standard InChI is InChI=1S/C25H25ClN6O5S/c1-27-38(33,34)32(16-18-6-4-3-5-7-18)23-22(19-8-10-20(26)11-9-19)24(31-17-30-23)36-12-13-37-25-28-14-21(35-2)15-29-25/h3-11,14-15,17,27H,12-13,16H2,1-2H3. The van der Waals surface area contributed by atoms with Crippen molar-refractivity contribution in [2.24, 2.45) is 0 Å². The SMILES string of the molecule is CNS(=O)(=O)N(Cc1ccccc1)c1ncnc(OCCOc2ncc(OC)cn2)c1-c1ccc(Cl)cc1. The van der Waals surface area contributed by atoms with E-state index in [-0.39, 0.29) is 37.5 Å². The molecule has 2 aromatic heterocycles. The Morgan fingerprint density at radius 1 is 0.921 bits per heavy atom. The van der Waals surface area contributed by atoms with Crippen LogP contribution in [0.4, 0.5) is 5.82 Å². The van der Waals surface area contributed by atoms with Crippen LogP contribution in [-0.2, 0) is 16.8 Å². The Hall–Kier alpha value is -4.00. The van der Waals surface area contributed by atoms with Crippen LogP contribution in [0.25, 0.3) is 11.1 Å². The maximum Gasteiger partial charge on any atom is 0.316 e. The van der Waals surface area contributed by atoms with Crippen molar-refractivity contribution in [3.8, 4) is 28.8 Å². The highest BCUT2D eigenvalue weighted by atomic mass is 35.5. The summed E-state index contributed by atoms with van der Waals surface area (Å²) in [6.45, 7) is 0.205. The normalized spacial score (nSPS) is 11.1. The van der Waals surface area contributed by atoms with E-state index in [2.05, 4.69) is 24.7 Å². The molecule has 0 fully saturated rings. The molecular weight excluding hydrogens is 532 g/mol. The van der Waals surface area contributed by atoms with Gasteiger partial charge in [-0.05, 0) is 23.3 Å². The van der Waals surface area contributed by atoms with Crippen LogP contribution in [0.2, 0.25) is 5.02 Å². The van der Waals surface area contributed by atoms with E-state index in [9.17, 15) is 8.42 Å². The molecule has 2 heterocycles. The number of ether oxygens (including phenoxy) is 3. The molecule has 198 valence electrons. The molecule has 0 aliphatic rings. The topological polar surface area (TPSA) is 129 Å². The first kappa shape index (κ1) is 27.0. The Morgan fingerprint density at radius 2 is 1.61 bits per heavy atom. The van der Waals surface area contributed by atoms with Crippen LogP contribution in [0.1, 0.15) is 5.56 Å². The molecule has 0 bridgehead atoms. The fraction of sp³-hybridized carbons (Fsp3) is 0.200. The highest BCUT2D eigenvalue weighted by Crippen LogP contribution is 2.38. The lowest BCUT2D eigenvalue weighted by Gasteiger charge is -2.25. The quantitative estimate of drug-likeness (QED) is 0.260. The second kappa shape index (κ2) is 12.5. The van der Waals surface area contributed by atoms with Crippen LogP contribution in [0.3, 0.4) is 0 Å². The van der Waals surface area contributed by atoms with Crippen LogP contribution < -0.4 is 23.2 Å². The van der Waals surface area contributed by atoms with Gasteiger partial charge in [0.1, 0.15) is 19.5 Å². The number of hydrogen-bond donors (Lipinski definition) is 1. The zero-order valence-corrected chi connectivity index (χ0v) is 22.2. The molecule has 0 radical (unpaired) electrons. The smallest absolute Gasteiger partial charge is 0.316 e. The second-order valence-corrected chi connectivity index (χ2v) is 9.92. The molecule has 0 saturated heterocycles. The lowest BCUT2D eigenvalue weighted by molar-refractivity contribution is 0.201. The van der Waals surface area contributed by atoms with E-state index in [0.29, 0.717) is 21.9 Å². The predicted molar refractivity (Wildman–Crippen MR) is 143 cm³/mol. The van der Waals surface area contributed by atoms with Gasteiger partial charge in [-0.3, -0.25) is 0 Å². The predicted octanol–water partition coefficient (Wildman–Crippen LogP) is 3.52. The summed E-state index contributed by atoms with van der Waals surface area (Å²) >= 11 is 6.11. The first-order chi connectivity index (χ1) is 18.4. The van der Waals surface area contributed by atoms with E-state index in [1.807, 2.05) is 30.3 Å². The van der Waals surface area contributed by atoms with Crippen LogP contribution in [-0.4, -0.2) is 55.7 Å². The molecule has 38 heavy (non-hydrogen) atoms. The third-order valence-electron chi connectivity index (χ3n) is 5.27. The highest BCUT2D eigenvalue weighted by Gasteiger charge is 2.28. The zero-order valence-electron chi connectivity index (χ0n) is 20.6. The van der Waals surface area contributed by atoms with Gasteiger partial charge < -0.3 is 14.2 Å². The summed E-state index contributed by atoms with van der Waals surface area (Å²) in [6, 6.07) is 16.2. The molecule has 0 amide bonds. The van der Waals surface area contributed by atoms with Gasteiger partial charge in [0.25, 0.3) is 0 Å². The summed E-state index contributed by atoms with van der Waals surface area (Å²) in [6.07, 6.45) is 4.23. The van der Waals surface area contributed by atoms with Crippen molar-refractivity contribution in [2.45, 2.75) is 6.54 Å². The molecule has 13 heteroatoms. The van der Waals surface area contributed by atoms with Crippen LogP contribution in [0.15, 0.2) is 73.3 Å². The Labute approximate surface area is 225 Å². The van der Waals surface area contributed by atoms with Gasteiger partial charge in [-0.2, -0.15) is 18.4 Å². The van der Waals surface area contributed by atoms with Crippen LogP contribution in [0, 0.1) is 0 Å². The van der Waals surface area contributed by atoms with Gasteiger partial charge >= 0.3 is 16.2 Å². The second-order valence-electron chi connectivity index (χ2n) is 7.69. The monoisotopic (exact) mass is 556 g/mol. The van der Waals surface area contributed by atoms with Crippen molar-refractivity contribution in [2.75, 3.05) is 31.7 Å². The number of nitrogens with one attached hydrogen (secondary N) is 1. The summed E-state index contributed by atoms with van der Waals surface area (Å²) in [5.41, 5.74) is 1.76. The minimum Gasteiger partial charge on any atom is -0.494 e. The Bertz CT molecular complexity index is 1440. The fourth-order valence-corrected chi connectivity index (χ4v) is 4.45. The lowest BCUT2D eigenvalue weighted by Crippen LogP contribution is -2.39. The number of rotatable bonds is 12. The van der Waals surface area contributed by atoms with E-state index in [1.54, 1.807) is 24.3 Å². The molecule has 0 atom stereocenters. The molecule has 0 spiro atoms. The van der Waals surface area contributed by atoms with E-state index >= 15 is 0 Å². The molecule has 0 aliphatic carbocycles. The number of anilines is 1. The Kier molecular flexibility index (Phi) is 8.89. The van der Waals surface area contributed by atoms with Crippen molar-refractivity contribution in [1.29, 1.82) is 0 Å². The van der Waals surface area contributed by atoms with Crippen molar-refractivity contribution >= 4 is 27.6 Å². The van der Waals surface area contributed by atoms with Gasteiger partial charge in [0, 0.05) is 12.1 Å². The summed E-state index contributed by atoms with van der Waals surface area (Å²) in [5.74, 6) is 0.808. The average Bonchev–Trinajstić information content (AvgIpc) is 2.95. The Balaban J connectivity index is 1.67. The summed E-state index contributed by atoms with van der Waals surface area (Å²) in [5, 5.41) is 0.520. The number of aromatic nitrogens is 4. The average molecular weight is 557 g/mol. The van der Waals surface area contributed by atoms with Crippen LogP contribution >= 0.6 is 11.6 Å². The van der Waals surface area contributed by atoms with Gasteiger partial charge in [0.15, 0.2) is 11.6 Å². The number of hydrogen-bond acceptors (Lipinski definition) is 9. The number of halogens is 1. The zero-order chi connectivity index (χ0) is 27.0. The minimum absolute atomic E-state index is 0.0268. The van der Waals surface area contributed by atoms with Gasteiger partial charge in [-0.15, -0.1) is 0 Å². The van der Waals surface area contributed by atoms with Gasteiger partial charge in [-0.25, -0.2) is 19.0 Å². The maximum atomic E-state index is 13.2. The Morgan fingerprint density at radius 3 is 2.26 bits per heavy atom. The number of nitrogens with zero attached hydrogens (tertiary/aromatic N) is 5. The van der Waals surface area contributed by atoms with Crippen molar-refractivity contribution < 1.29 is 22.6 Å². The molecular formula is C25H25ClN6O5S. The molecule has 4 rings (SSSR count). The van der Waals surface area contributed by atoms with Crippen molar-refractivity contribution in [3.63, 3.8) is 0 Å². The minimum atomic E-state index is -3.97. The summed E-state index contributed by atoms with van der Waals surface area (Å²) in [4.78, 5) is 16.7. The molecule has 0 saturated carbocycles. The summed E-state index contributed by atoms with van der Waals surface area (Å²) in [7, 11) is -1.12. The van der Waals surface area contributed by atoms with E-state index in [1.165, 1.54) is 37.2 Å². The maximum absolute atomic E-state index is 13.2. The van der Waals surface area contributed by atoms with Crippen molar-refractivity contribution in [1.82, 2.24) is 24.7 Å². The first-order valence-corrected chi connectivity index (χ1v) is 13.2. The number of methoxy groups -OCH3 is 1.